The molecule has 1 aliphatic rings. The molecular formula is C17H19NaO3S. The van der Waals surface area contributed by atoms with E-state index in [0.717, 1.165) is 35.1 Å². The molecule has 0 amide bonds. The first-order chi connectivity index (χ1) is 10.1. The van der Waals surface area contributed by atoms with E-state index in [1.165, 1.54) is 0 Å². The molecule has 0 heterocycles. The van der Waals surface area contributed by atoms with Gasteiger partial charge >= 0.3 is 29.6 Å². The van der Waals surface area contributed by atoms with Gasteiger partial charge in [-0.05, 0) is 28.7 Å². The van der Waals surface area contributed by atoms with Crippen molar-refractivity contribution < 1.29 is 12.6 Å². The molecule has 22 heavy (non-hydrogen) atoms. The van der Waals surface area contributed by atoms with E-state index in [2.05, 4.69) is 0 Å². The maximum atomic E-state index is 12.6. The standard InChI is InChI=1S/C17H18O3S.Na.H/c1-2-3-12-20-21(18,19)17-15-10-6-4-8-13(15)14-9-5-7-11-16(14)17;;/h4-11,17H,2-3,12H2,1H3;;. The fraction of sp³-hybridized carbons (Fsp3) is 0.294. The summed E-state index contributed by atoms with van der Waals surface area (Å²) in [7, 11) is -3.66. The monoisotopic (exact) mass is 326 g/mol. The first-order valence-corrected chi connectivity index (χ1v) is 8.68. The first kappa shape index (κ1) is 17.7. The molecule has 0 aromatic heterocycles. The van der Waals surface area contributed by atoms with Gasteiger partial charge in [0.25, 0.3) is 10.1 Å². The van der Waals surface area contributed by atoms with Crippen LogP contribution in [0.1, 0.15) is 36.1 Å². The molecule has 3 nitrogen and oxygen atoms in total. The molecule has 0 fully saturated rings. The Morgan fingerprint density at radius 1 is 0.955 bits per heavy atom. The van der Waals surface area contributed by atoms with Gasteiger partial charge in [-0.1, -0.05) is 61.9 Å². The fourth-order valence-corrected chi connectivity index (χ4v) is 4.33. The average molecular weight is 326 g/mol. The van der Waals surface area contributed by atoms with Gasteiger partial charge in [-0.25, -0.2) is 0 Å². The van der Waals surface area contributed by atoms with E-state index in [9.17, 15) is 8.42 Å². The molecule has 0 spiro atoms. The van der Waals surface area contributed by atoms with Crippen LogP contribution < -0.4 is 0 Å². The summed E-state index contributed by atoms with van der Waals surface area (Å²) in [5.41, 5.74) is 3.60. The number of unbranched alkanes of at least 4 members (excludes halogenated alkanes) is 1. The quantitative estimate of drug-likeness (QED) is 0.481. The van der Waals surface area contributed by atoms with E-state index in [-0.39, 0.29) is 36.2 Å². The Hall–Kier alpha value is -0.650. The van der Waals surface area contributed by atoms with Gasteiger partial charge < -0.3 is 0 Å². The van der Waals surface area contributed by atoms with Crippen molar-refractivity contribution in [2.75, 3.05) is 6.61 Å². The Morgan fingerprint density at radius 3 is 1.95 bits per heavy atom. The molecule has 112 valence electrons. The first-order valence-electron chi connectivity index (χ1n) is 7.21. The maximum absolute atomic E-state index is 12.6. The fourth-order valence-electron chi connectivity index (χ4n) is 2.81. The zero-order valence-corrected chi connectivity index (χ0v) is 12.8. The Bertz CT molecular complexity index is 711. The van der Waals surface area contributed by atoms with Gasteiger partial charge in [0.05, 0.1) is 6.61 Å². The Morgan fingerprint density at radius 2 is 1.45 bits per heavy atom. The topological polar surface area (TPSA) is 43.4 Å². The van der Waals surface area contributed by atoms with E-state index in [1.54, 1.807) is 0 Å². The second-order valence-electron chi connectivity index (χ2n) is 5.22. The van der Waals surface area contributed by atoms with Crippen LogP contribution in [0.4, 0.5) is 0 Å². The summed E-state index contributed by atoms with van der Waals surface area (Å²) in [5, 5.41) is -0.707. The summed E-state index contributed by atoms with van der Waals surface area (Å²) in [5.74, 6) is 0. The van der Waals surface area contributed by atoms with Gasteiger partial charge in [-0.2, -0.15) is 8.42 Å². The van der Waals surface area contributed by atoms with Crippen molar-refractivity contribution in [3.05, 3.63) is 59.7 Å². The molecule has 0 unspecified atom stereocenters. The van der Waals surface area contributed by atoms with Crippen molar-refractivity contribution in [3.8, 4) is 11.1 Å². The van der Waals surface area contributed by atoms with Crippen molar-refractivity contribution in [3.63, 3.8) is 0 Å². The normalized spacial score (nSPS) is 13.3. The molecule has 0 N–H and O–H groups in total. The van der Waals surface area contributed by atoms with E-state index < -0.39 is 15.4 Å². The third kappa shape index (κ3) is 3.17. The number of benzene rings is 2. The zero-order chi connectivity index (χ0) is 14.9. The molecule has 2 aromatic rings. The molecule has 0 saturated carbocycles. The molecule has 3 rings (SSSR count). The van der Waals surface area contributed by atoms with Crippen LogP contribution in [0.2, 0.25) is 0 Å². The van der Waals surface area contributed by atoms with Crippen LogP contribution in [-0.2, 0) is 14.3 Å². The number of rotatable bonds is 5. The Balaban J connectivity index is 0.00000176. The number of fused-ring (bicyclic) bond motifs is 3. The van der Waals surface area contributed by atoms with E-state index in [0.29, 0.717) is 0 Å². The molecule has 0 bridgehead atoms. The second-order valence-corrected chi connectivity index (χ2v) is 6.92. The zero-order valence-electron chi connectivity index (χ0n) is 12.0. The summed E-state index contributed by atoms with van der Waals surface area (Å²) < 4.78 is 30.5. The van der Waals surface area contributed by atoms with Gasteiger partial charge in [0.1, 0.15) is 5.25 Å². The molecule has 0 saturated heterocycles. The molecule has 0 aliphatic heterocycles. The van der Waals surface area contributed by atoms with Crippen LogP contribution in [0.5, 0.6) is 0 Å². The predicted molar refractivity (Wildman–Crippen MR) is 90.6 cm³/mol. The van der Waals surface area contributed by atoms with E-state index >= 15 is 0 Å². The van der Waals surface area contributed by atoms with Crippen LogP contribution in [0.3, 0.4) is 0 Å². The van der Waals surface area contributed by atoms with Gasteiger partial charge in [-0.3, -0.25) is 4.18 Å². The van der Waals surface area contributed by atoms with Gasteiger partial charge in [0.2, 0.25) is 0 Å². The van der Waals surface area contributed by atoms with E-state index in [4.69, 9.17) is 4.18 Å². The van der Waals surface area contributed by atoms with Crippen LogP contribution >= 0.6 is 0 Å². The van der Waals surface area contributed by atoms with Gasteiger partial charge in [-0.15, -0.1) is 0 Å². The predicted octanol–water partition coefficient (Wildman–Crippen LogP) is 3.25. The SMILES string of the molecule is CCCCOS(=O)(=O)C1c2ccccc2-c2ccccc21.[NaH]. The third-order valence-corrected chi connectivity index (χ3v) is 5.39. The average Bonchev–Trinajstić information content (AvgIpc) is 2.82. The van der Waals surface area contributed by atoms with Crippen LogP contribution in [-0.4, -0.2) is 44.6 Å². The van der Waals surface area contributed by atoms with Crippen molar-refractivity contribution in [2.45, 2.75) is 25.0 Å². The third-order valence-electron chi connectivity index (χ3n) is 3.81. The van der Waals surface area contributed by atoms with Crippen LogP contribution in [0.15, 0.2) is 48.5 Å². The summed E-state index contributed by atoms with van der Waals surface area (Å²) >= 11 is 0. The minimum atomic E-state index is -3.66. The van der Waals surface area contributed by atoms with Gasteiger partial charge in [0.15, 0.2) is 0 Å². The van der Waals surface area contributed by atoms with Crippen LogP contribution in [0.25, 0.3) is 11.1 Å². The van der Waals surface area contributed by atoms with Crippen molar-refractivity contribution in [2.24, 2.45) is 0 Å². The molecule has 0 atom stereocenters. The Kier molecular flexibility index (Phi) is 5.86. The summed E-state index contributed by atoms with van der Waals surface area (Å²) in [6.07, 6.45) is 1.66. The van der Waals surface area contributed by atoms with Crippen molar-refractivity contribution in [1.29, 1.82) is 0 Å². The van der Waals surface area contributed by atoms with E-state index in [1.807, 2.05) is 55.5 Å². The second kappa shape index (κ2) is 7.28. The minimum absolute atomic E-state index is 0. The molecular weight excluding hydrogens is 307 g/mol. The molecule has 2 aromatic carbocycles. The van der Waals surface area contributed by atoms with Crippen LogP contribution in [0, 0.1) is 0 Å². The van der Waals surface area contributed by atoms with Crippen molar-refractivity contribution >= 4 is 39.7 Å². The summed E-state index contributed by atoms with van der Waals surface area (Å²) in [4.78, 5) is 0. The number of hydrogen-bond acceptors (Lipinski definition) is 3. The number of hydrogen-bond donors (Lipinski definition) is 0. The summed E-state index contributed by atoms with van der Waals surface area (Å²) in [6, 6.07) is 15.3. The Labute approximate surface area is 154 Å². The summed E-state index contributed by atoms with van der Waals surface area (Å²) in [6.45, 7) is 2.26. The molecule has 0 radical (unpaired) electrons. The van der Waals surface area contributed by atoms with Gasteiger partial charge in [0, 0.05) is 0 Å². The molecule has 1 aliphatic carbocycles. The van der Waals surface area contributed by atoms with Crippen molar-refractivity contribution in [1.82, 2.24) is 0 Å². The molecule has 5 heteroatoms.